The van der Waals surface area contributed by atoms with Crippen molar-refractivity contribution < 1.29 is 4.79 Å². The van der Waals surface area contributed by atoms with Crippen LogP contribution >= 0.6 is 27.3 Å². The highest BCUT2D eigenvalue weighted by atomic mass is 79.9. The summed E-state index contributed by atoms with van der Waals surface area (Å²) in [6, 6.07) is 5.64. The summed E-state index contributed by atoms with van der Waals surface area (Å²) in [6.45, 7) is 1.99. The average molecular weight is 355 g/mol. The molecule has 0 aliphatic heterocycles. The van der Waals surface area contributed by atoms with Gasteiger partial charge in [0.25, 0.3) is 5.91 Å². The van der Waals surface area contributed by atoms with Gasteiger partial charge in [0, 0.05) is 24.3 Å². The second kappa shape index (κ2) is 5.80. The Morgan fingerprint density at radius 3 is 2.70 bits per heavy atom. The maximum absolute atomic E-state index is 12.2. The number of benzene rings is 1. The number of aromatic nitrogens is 1. The van der Waals surface area contributed by atoms with Crippen molar-refractivity contribution in [2.45, 2.75) is 6.92 Å². The molecule has 0 saturated heterocycles. The molecule has 0 bridgehead atoms. The first-order chi connectivity index (χ1) is 9.38. The van der Waals surface area contributed by atoms with E-state index in [2.05, 4.69) is 26.2 Å². The van der Waals surface area contributed by atoms with Gasteiger partial charge in [0.1, 0.15) is 10.7 Å². The molecule has 7 heteroatoms. The fourth-order valence-electron chi connectivity index (χ4n) is 1.53. The monoisotopic (exact) mass is 354 g/mol. The zero-order chi connectivity index (χ0) is 14.9. The van der Waals surface area contributed by atoms with Crippen molar-refractivity contribution in [2.75, 3.05) is 30.0 Å². The molecule has 106 valence electrons. The smallest absolute Gasteiger partial charge is 0.269 e. The number of hydrogen-bond donors (Lipinski definition) is 2. The molecule has 0 aliphatic rings. The van der Waals surface area contributed by atoms with E-state index in [4.69, 9.17) is 5.73 Å². The van der Waals surface area contributed by atoms with E-state index in [1.807, 2.05) is 44.1 Å². The van der Waals surface area contributed by atoms with E-state index in [0.29, 0.717) is 15.7 Å². The highest BCUT2D eigenvalue weighted by Crippen LogP contribution is 2.28. The number of amides is 1. The van der Waals surface area contributed by atoms with Crippen molar-refractivity contribution in [2.24, 2.45) is 0 Å². The van der Waals surface area contributed by atoms with Gasteiger partial charge in [-0.2, -0.15) is 0 Å². The number of nitrogens with two attached hydrogens (primary N) is 1. The first-order valence-electron chi connectivity index (χ1n) is 5.89. The van der Waals surface area contributed by atoms with Gasteiger partial charge in [-0.1, -0.05) is 33.3 Å². The first kappa shape index (κ1) is 14.8. The van der Waals surface area contributed by atoms with Crippen LogP contribution in [0.2, 0.25) is 0 Å². The largest absolute Gasteiger partial charge is 0.382 e. The van der Waals surface area contributed by atoms with Gasteiger partial charge in [-0.3, -0.25) is 4.79 Å². The van der Waals surface area contributed by atoms with E-state index in [1.54, 1.807) is 0 Å². The Labute approximate surface area is 129 Å². The Hall–Kier alpha value is -1.60. The summed E-state index contributed by atoms with van der Waals surface area (Å²) < 4.78 is 0.946. The maximum atomic E-state index is 12.2. The average Bonchev–Trinajstić information content (AvgIpc) is 2.76. The molecule has 0 radical (unpaired) electrons. The molecule has 5 nitrogen and oxygen atoms in total. The van der Waals surface area contributed by atoms with Crippen LogP contribution in [0, 0.1) is 6.92 Å². The van der Waals surface area contributed by atoms with Gasteiger partial charge in [-0.05, 0) is 24.6 Å². The van der Waals surface area contributed by atoms with E-state index in [1.165, 1.54) is 11.3 Å². The van der Waals surface area contributed by atoms with E-state index < -0.39 is 0 Å². The lowest BCUT2D eigenvalue weighted by Gasteiger charge is -2.06. The third-order valence-electron chi connectivity index (χ3n) is 2.66. The molecule has 20 heavy (non-hydrogen) atoms. The minimum absolute atomic E-state index is 0.246. The second-order valence-electron chi connectivity index (χ2n) is 4.52. The predicted octanol–water partition coefficient (Wildman–Crippen LogP) is 3.11. The first-order valence-corrected chi connectivity index (χ1v) is 7.50. The number of aryl methyl sites for hydroxylation is 1. The Morgan fingerprint density at radius 1 is 1.45 bits per heavy atom. The Balaban J connectivity index is 2.21. The molecule has 3 N–H and O–H groups in total. The molecular formula is C13H15BrN4OS. The van der Waals surface area contributed by atoms with Crippen molar-refractivity contribution >= 4 is 49.8 Å². The number of nitrogens with zero attached hydrogens (tertiary/aromatic N) is 2. The number of halogens is 1. The van der Waals surface area contributed by atoms with E-state index in [9.17, 15) is 4.79 Å². The quantitative estimate of drug-likeness (QED) is 0.888. The van der Waals surface area contributed by atoms with E-state index in [-0.39, 0.29) is 11.7 Å². The van der Waals surface area contributed by atoms with Crippen LogP contribution in [0.15, 0.2) is 22.7 Å². The molecule has 1 amide bonds. The molecular weight excluding hydrogens is 340 g/mol. The number of thiazole rings is 1. The summed E-state index contributed by atoms with van der Waals surface area (Å²) >= 11 is 4.71. The van der Waals surface area contributed by atoms with Crippen LogP contribution in [-0.2, 0) is 0 Å². The minimum atomic E-state index is -0.246. The summed E-state index contributed by atoms with van der Waals surface area (Å²) in [4.78, 5) is 18.6. The van der Waals surface area contributed by atoms with Gasteiger partial charge in [-0.15, -0.1) is 0 Å². The van der Waals surface area contributed by atoms with Crippen LogP contribution in [0.5, 0.6) is 0 Å². The van der Waals surface area contributed by atoms with Crippen LogP contribution in [0.4, 0.5) is 16.6 Å². The van der Waals surface area contributed by atoms with Crippen LogP contribution in [0.3, 0.4) is 0 Å². The number of nitrogen functional groups attached to an aromatic ring is 1. The molecule has 1 aromatic heterocycles. The van der Waals surface area contributed by atoms with Crippen molar-refractivity contribution in [1.82, 2.24) is 4.98 Å². The molecule has 2 aromatic rings. The molecule has 1 heterocycles. The second-order valence-corrected chi connectivity index (χ2v) is 6.36. The molecule has 0 saturated carbocycles. The van der Waals surface area contributed by atoms with E-state index >= 15 is 0 Å². The zero-order valence-electron chi connectivity index (χ0n) is 11.4. The van der Waals surface area contributed by atoms with Gasteiger partial charge in [0.05, 0.1) is 0 Å². The highest BCUT2D eigenvalue weighted by molar-refractivity contribution is 9.10. The number of carbonyl (C=O) groups is 1. The fourth-order valence-corrected chi connectivity index (χ4v) is 2.71. The summed E-state index contributed by atoms with van der Waals surface area (Å²) in [5, 5.41) is 3.53. The third kappa shape index (κ3) is 3.10. The molecule has 0 atom stereocenters. The van der Waals surface area contributed by atoms with Gasteiger partial charge in [0.2, 0.25) is 0 Å². The topological polar surface area (TPSA) is 71.2 Å². The molecule has 0 spiro atoms. The van der Waals surface area contributed by atoms with Crippen molar-refractivity contribution in [3.63, 3.8) is 0 Å². The van der Waals surface area contributed by atoms with Crippen LogP contribution in [0.25, 0.3) is 0 Å². The summed E-state index contributed by atoms with van der Waals surface area (Å²) in [7, 11) is 3.72. The van der Waals surface area contributed by atoms with E-state index in [0.717, 1.165) is 10.0 Å². The lowest BCUT2D eigenvalue weighted by atomic mass is 10.2. The molecule has 1 aromatic carbocycles. The SMILES string of the molecule is Cc1ccc(NC(=O)c2sc(N(C)C)nc2N)cc1Br. The van der Waals surface area contributed by atoms with Crippen LogP contribution in [0.1, 0.15) is 15.2 Å². The van der Waals surface area contributed by atoms with Gasteiger partial charge < -0.3 is 16.0 Å². The molecule has 2 rings (SSSR count). The van der Waals surface area contributed by atoms with Gasteiger partial charge >= 0.3 is 0 Å². The predicted molar refractivity (Wildman–Crippen MR) is 87.7 cm³/mol. The number of hydrogen-bond acceptors (Lipinski definition) is 5. The Bertz CT molecular complexity index is 654. The minimum Gasteiger partial charge on any atom is -0.382 e. The number of carbonyl (C=O) groups excluding carboxylic acids is 1. The lowest BCUT2D eigenvalue weighted by Crippen LogP contribution is -2.12. The van der Waals surface area contributed by atoms with Crippen LogP contribution < -0.4 is 16.0 Å². The van der Waals surface area contributed by atoms with Crippen molar-refractivity contribution in [1.29, 1.82) is 0 Å². The summed E-state index contributed by atoms with van der Waals surface area (Å²) in [5.74, 6) is 0.00577. The lowest BCUT2D eigenvalue weighted by molar-refractivity contribution is 0.103. The fraction of sp³-hybridized carbons (Fsp3) is 0.231. The summed E-state index contributed by atoms with van der Waals surface area (Å²) in [6.07, 6.45) is 0. The van der Waals surface area contributed by atoms with Gasteiger partial charge in [0.15, 0.2) is 5.13 Å². The van der Waals surface area contributed by atoms with Crippen molar-refractivity contribution in [3.8, 4) is 0 Å². The number of anilines is 3. The summed E-state index contributed by atoms with van der Waals surface area (Å²) in [5.41, 5.74) is 7.61. The molecule has 0 aliphatic carbocycles. The van der Waals surface area contributed by atoms with Crippen molar-refractivity contribution in [3.05, 3.63) is 33.1 Å². The molecule has 0 unspecified atom stereocenters. The number of nitrogens with one attached hydrogen (secondary N) is 1. The Kier molecular flexibility index (Phi) is 4.29. The highest BCUT2D eigenvalue weighted by Gasteiger charge is 2.17. The third-order valence-corrected chi connectivity index (χ3v) is 4.75. The Morgan fingerprint density at radius 2 is 2.15 bits per heavy atom. The number of rotatable bonds is 3. The normalized spacial score (nSPS) is 10.4. The molecule has 0 fully saturated rings. The van der Waals surface area contributed by atoms with Crippen LogP contribution in [-0.4, -0.2) is 25.0 Å². The standard InChI is InChI=1S/C13H15BrN4OS/c1-7-4-5-8(6-9(7)14)16-12(19)10-11(15)17-13(20-10)18(2)3/h4-6H,15H2,1-3H3,(H,16,19). The zero-order valence-corrected chi connectivity index (χ0v) is 13.8. The maximum Gasteiger partial charge on any atom is 0.269 e. The van der Waals surface area contributed by atoms with Gasteiger partial charge in [-0.25, -0.2) is 4.98 Å².